The van der Waals surface area contributed by atoms with E-state index in [1.165, 1.54) is 27.8 Å². The maximum atomic E-state index is 5.47. The number of hydrogen-bond donors (Lipinski definition) is 0. The van der Waals surface area contributed by atoms with E-state index in [0.29, 0.717) is 0 Å². The molecule has 1 nitrogen and oxygen atoms in total. The lowest BCUT2D eigenvalue weighted by Crippen LogP contribution is -1.87. The van der Waals surface area contributed by atoms with Crippen LogP contribution in [0.2, 0.25) is 0 Å². The molecular formula is C26H26O. The summed E-state index contributed by atoms with van der Waals surface area (Å²) in [5.41, 5.74) is 7.83. The van der Waals surface area contributed by atoms with E-state index in [0.717, 1.165) is 17.1 Å². The van der Waals surface area contributed by atoms with E-state index < -0.39 is 0 Å². The van der Waals surface area contributed by atoms with E-state index in [2.05, 4.69) is 63.2 Å². The van der Waals surface area contributed by atoms with Crippen LogP contribution in [0.3, 0.4) is 0 Å². The van der Waals surface area contributed by atoms with Crippen LogP contribution in [0.15, 0.2) is 89.3 Å². The molecule has 0 saturated heterocycles. The molecule has 0 aliphatic carbocycles. The third-order valence-electron chi connectivity index (χ3n) is 4.63. The Balaban J connectivity index is 0.000000159. The fourth-order valence-corrected chi connectivity index (χ4v) is 3.09. The minimum Gasteiger partial charge on any atom is -0.461 e. The maximum absolute atomic E-state index is 5.47. The SMILES string of the molecule is Cc1ccc(-c2ccccc2)o1.Cc1ccc(C)c(-c2ccccc2C)c1. The van der Waals surface area contributed by atoms with Gasteiger partial charge in [0.2, 0.25) is 0 Å². The smallest absolute Gasteiger partial charge is 0.134 e. The first-order valence-electron chi connectivity index (χ1n) is 9.29. The Morgan fingerprint density at radius 3 is 1.89 bits per heavy atom. The van der Waals surface area contributed by atoms with Gasteiger partial charge in [-0.2, -0.15) is 0 Å². The molecule has 1 heterocycles. The van der Waals surface area contributed by atoms with Gasteiger partial charge in [0.05, 0.1) is 0 Å². The molecule has 0 aliphatic heterocycles. The zero-order valence-electron chi connectivity index (χ0n) is 16.5. The van der Waals surface area contributed by atoms with Gasteiger partial charge in [0.1, 0.15) is 11.5 Å². The number of benzene rings is 3. The molecule has 3 aromatic carbocycles. The highest BCUT2D eigenvalue weighted by molar-refractivity contribution is 5.70. The monoisotopic (exact) mass is 354 g/mol. The van der Waals surface area contributed by atoms with E-state index in [1.807, 2.05) is 49.4 Å². The van der Waals surface area contributed by atoms with Gasteiger partial charge in [0.15, 0.2) is 0 Å². The highest BCUT2D eigenvalue weighted by atomic mass is 16.3. The van der Waals surface area contributed by atoms with Crippen LogP contribution < -0.4 is 0 Å². The summed E-state index contributed by atoms with van der Waals surface area (Å²) in [6.07, 6.45) is 0. The standard InChI is InChI=1S/C15H16.C11H10O/c1-11-8-9-13(3)15(10-11)14-7-5-4-6-12(14)2;1-9-7-8-11(12-9)10-5-3-2-4-6-10/h4-10H,1-3H3;2-8H,1H3. The van der Waals surface area contributed by atoms with E-state index in [1.54, 1.807) is 0 Å². The lowest BCUT2D eigenvalue weighted by Gasteiger charge is -2.09. The molecule has 0 N–H and O–H groups in total. The second-order valence-corrected chi connectivity index (χ2v) is 6.91. The molecule has 0 unspecified atom stereocenters. The Bertz CT molecular complexity index is 1010. The van der Waals surface area contributed by atoms with Gasteiger partial charge in [-0.05, 0) is 62.1 Å². The lowest BCUT2D eigenvalue weighted by atomic mass is 9.95. The van der Waals surface area contributed by atoms with Crippen molar-refractivity contribution in [1.29, 1.82) is 0 Å². The number of rotatable bonds is 2. The Morgan fingerprint density at radius 1 is 0.556 bits per heavy atom. The number of furan rings is 1. The Labute approximate surface area is 162 Å². The van der Waals surface area contributed by atoms with E-state index in [4.69, 9.17) is 4.42 Å². The minimum absolute atomic E-state index is 0.938. The Kier molecular flexibility index (Phi) is 5.93. The van der Waals surface area contributed by atoms with Crippen LogP contribution >= 0.6 is 0 Å². The molecule has 136 valence electrons. The first kappa shape index (κ1) is 18.7. The van der Waals surface area contributed by atoms with Crippen molar-refractivity contribution in [3.05, 3.63) is 107 Å². The molecular weight excluding hydrogens is 328 g/mol. The van der Waals surface area contributed by atoms with Crippen molar-refractivity contribution >= 4 is 0 Å². The molecule has 27 heavy (non-hydrogen) atoms. The van der Waals surface area contributed by atoms with Crippen LogP contribution in [0, 0.1) is 27.7 Å². The highest BCUT2D eigenvalue weighted by Gasteiger charge is 2.04. The van der Waals surface area contributed by atoms with Crippen molar-refractivity contribution in [3.63, 3.8) is 0 Å². The van der Waals surface area contributed by atoms with Gasteiger partial charge in [-0.3, -0.25) is 0 Å². The molecule has 4 rings (SSSR count). The predicted molar refractivity (Wildman–Crippen MR) is 115 cm³/mol. The number of hydrogen-bond acceptors (Lipinski definition) is 1. The molecule has 0 bridgehead atoms. The Hall–Kier alpha value is -3.06. The Morgan fingerprint density at radius 2 is 1.22 bits per heavy atom. The van der Waals surface area contributed by atoms with Crippen molar-refractivity contribution in [2.45, 2.75) is 27.7 Å². The van der Waals surface area contributed by atoms with E-state index in [-0.39, 0.29) is 0 Å². The van der Waals surface area contributed by atoms with Crippen LogP contribution in [-0.4, -0.2) is 0 Å². The van der Waals surface area contributed by atoms with Crippen molar-refractivity contribution in [2.24, 2.45) is 0 Å². The molecule has 0 fully saturated rings. The summed E-state index contributed by atoms with van der Waals surface area (Å²) in [4.78, 5) is 0. The summed E-state index contributed by atoms with van der Waals surface area (Å²) >= 11 is 0. The summed E-state index contributed by atoms with van der Waals surface area (Å²) in [5.74, 6) is 1.89. The zero-order chi connectivity index (χ0) is 19.2. The molecule has 0 amide bonds. The molecule has 0 saturated carbocycles. The van der Waals surface area contributed by atoms with Gasteiger partial charge in [-0.1, -0.05) is 78.4 Å². The van der Waals surface area contributed by atoms with Crippen molar-refractivity contribution in [2.75, 3.05) is 0 Å². The van der Waals surface area contributed by atoms with E-state index >= 15 is 0 Å². The van der Waals surface area contributed by atoms with Gasteiger partial charge in [-0.15, -0.1) is 0 Å². The number of aryl methyl sites for hydroxylation is 4. The molecule has 1 aromatic heterocycles. The van der Waals surface area contributed by atoms with Crippen LogP contribution in [-0.2, 0) is 0 Å². The molecule has 0 spiro atoms. The van der Waals surface area contributed by atoms with Crippen molar-refractivity contribution in [1.82, 2.24) is 0 Å². The summed E-state index contributed by atoms with van der Waals surface area (Å²) in [7, 11) is 0. The second kappa shape index (κ2) is 8.55. The maximum Gasteiger partial charge on any atom is 0.134 e. The largest absolute Gasteiger partial charge is 0.461 e. The molecule has 1 heteroatoms. The normalized spacial score (nSPS) is 10.2. The van der Waals surface area contributed by atoms with Gasteiger partial charge in [0, 0.05) is 5.56 Å². The van der Waals surface area contributed by atoms with Crippen LogP contribution in [0.4, 0.5) is 0 Å². The van der Waals surface area contributed by atoms with Crippen molar-refractivity contribution in [3.8, 4) is 22.5 Å². The van der Waals surface area contributed by atoms with Gasteiger partial charge < -0.3 is 4.42 Å². The quantitative estimate of drug-likeness (QED) is 0.362. The molecule has 4 aromatic rings. The second-order valence-electron chi connectivity index (χ2n) is 6.91. The van der Waals surface area contributed by atoms with Gasteiger partial charge in [0.25, 0.3) is 0 Å². The molecule has 0 radical (unpaired) electrons. The lowest BCUT2D eigenvalue weighted by molar-refractivity contribution is 0.548. The van der Waals surface area contributed by atoms with Crippen LogP contribution in [0.5, 0.6) is 0 Å². The van der Waals surface area contributed by atoms with Crippen LogP contribution in [0.25, 0.3) is 22.5 Å². The summed E-state index contributed by atoms with van der Waals surface area (Å²) in [6.45, 7) is 8.42. The highest BCUT2D eigenvalue weighted by Crippen LogP contribution is 2.27. The molecule has 0 aliphatic rings. The summed E-state index contributed by atoms with van der Waals surface area (Å²) in [6, 6.07) is 29.2. The van der Waals surface area contributed by atoms with Crippen LogP contribution in [0.1, 0.15) is 22.5 Å². The third-order valence-corrected chi connectivity index (χ3v) is 4.63. The minimum atomic E-state index is 0.938. The first-order valence-corrected chi connectivity index (χ1v) is 9.29. The van der Waals surface area contributed by atoms with Crippen molar-refractivity contribution < 1.29 is 4.42 Å². The fraction of sp³-hybridized carbons (Fsp3) is 0.154. The average molecular weight is 354 g/mol. The molecule has 0 atom stereocenters. The van der Waals surface area contributed by atoms with E-state index in [9.17, 15) is 0 Å². The fourth-order valence-electron chi connectivity index (χ4n) is 3.09. The van der Waals surface area contributed by atoms with Gasteiger partial charge >= 0.3 is 0 Å². The topological polar surface area (TPSA) is 13.1 Å². The van der Waals surface area contributed by atoms with Gasteiger partial charge in [-0.25, -0.2) is 0 Å². The zero-order valence-corrected chi connectivity index (χ0v) is 16.5. The average Bonchev–Trinajstić information content (AvgIpc) is 3.12. The third kappa shape index (κ3) is 4.77. The summed E-state index contributed by atoms with van der Waals surface area (Å²) in [5, 5.41) is 0. The summed E-state index contributed by atoms with van der Waals surface area (Å²) < 4.78 is 5.47. The predicted octanol–water partition coefficient (Wildman–Crippen LogP) is 7.53. The first-order chi connectivity index (χ1) is 13.0.